The van der Waals surface area contributed by atoms with Crippen LogP contribution >= 0.6 is 11.6 Å². The third-order valence-electron chi connectivity index (χ3n) is 7.47. The van der Waals surface area contributed by atoms with Crippen molar-refractivity contribution in [2.75, 3.05) is 19.6 Å². The molecule has 13 heteroatoms. The van der Waals surface area contributed by atoms with Gasteiger partial charge in [-0.15, -0.1) is 0 Å². The second-order valence-electron chi connectivity index (χ2n) is 11.2. The van der Waals surface area contributed by atoms with Crippen LogP contribution in [0.4, 0.5) is 8.78 Å². The van der Waals surface area contributed by atoms with Crippen LogP contribution in [-0.2, 0) is 24.0 Å². The summed E-state index contributed by atoms with van der Waals surface area (Å²) in [4.78, 5) is 65.3. The zero-order valence-corrected chi connectivity index (χ0v) is 22.3. The standard InChI is InChI=1S/C24H36ClF2N5O5/c1-12(26)19(33)29-17(24(2,3)4)22(36)31-10-13-6-5-7-15(13)16(31)21(35)30-32(23(37)18(25)27)11-14-8-9-28-20(14)34/h12-18H,5-11H2,1-4H3,(H,28,34)(H,29,33)(H,30,35)/t12-,13+,14+,15+,16+,17-,18+/m1/s1. The first-order chi connectivity index (χ1) is 17.2. The summed E-state index contributed by atoms with van der Waals surface area (Å²) in [6.45, 7) is 6.62. The number of hydrogen-bond donors (Lipinski definition) is 3. The maximum absolute atomic E-state index is 13.8. The summed E-state index contributed by atoms with van der Waals surface area (Å²) in [5.74, 6) is -4.54. The topological polar surface area (TPSA) is 128 Å². The number of nitrogens with zero attached hydrogens (tertiary/aromatic N) is 2. The predicted molar refractivity (Wildman–Crippen MR) is 130 cm³/mol. The number of rotatable bonds is 7. The first-order valence-corrected chi connectivity index (χ1v) is 13.1. The molecular formula is C24H36ClF2N5O5. The number of carbonyl (C=O) groups is 5. The van der Waals surface area contributed by atoms with Gasteiger partial charge in [0.15, 0.2) is 6.17 Å². The summed E-state index contributed by atoms with van der Waals surface area (Å²) in [6.07, 6.45) is 0.896. The number of likely N-dealkylation sites (tertiary alicyclic amines) is 1. The Bertz CT molecular complexity index is 928. The Balaban J connectivity index is 1.86. The monoisotopic (exact) mass is 547 g/mol. The summed E-state index contributed by atoms with van der Waals surface area (Å²) < 4.78 is 27.4. The molecule has 2 saturated heterocycles. The average molecular weight is 548 g/mol. The molecular weight excluding hydrogens is 512 g/mol. The van der Waals surface area contributed by atoms with Gasteiger partial charge in [-0.25, -0.2) is 13.8 Å². The maximum atomic E-state index is 13.8. The van der Waals surface area contributed by atoms with Crippen LogP contribution in [0.25, 0.3) is 0 Å². The van der Waals surface area contributed by atoms with Crippen LogP contribution in [0.15, 0.2) is 0 Å². The largest absolute Gasteiger partial charge is 0.356 e. The molecule has 7 atom stereocenters. The molecule has 3 fully saturated rings. The van der Waals surface area contributed by atoms with Crippen molar-refractivity contribution in [3.63, 3.8) is 0 Å². The van der Waals surface area contributed by atoms with E-state index in [0.717, 1.165) is 19.8 Å². The van der Waals surface area contributed by atoms with Gasteiger partial charge in [-0.2, -0.15) is 0 Å². The molecule has 0 unspecified atom stereocenters. The van der Waals surface area contributed by atoms with Crippen molar-refractivity contribution in [3.8, 4) is 0 Å². The Labute approximate surface area is 220 Å². The van der Waals surface area contributed by atoms with Crippen molar-refractivity contribution in [1.29, 1.82) is 0 Å². The molecule has 10 nitrogen and oxygen atoms in total. The van der Waals surface area contributed by atoms with E-state index < -0.39 is 58.8 Å². The molecule has 0 radical (unpaired) electrons. The molecule has 3 aliphatic rings. The lowest BCUT2D eigenvalue weighted by Gasteiger charge is -2.37. The molecule has 0 bridgehead atoms. The molecule has 3 N–H and O–H groups in total. The molecule has 208 valence electrons. The van der Waals surface area contributed by atoms with Crippen LogP contribution in [0, 0.1) is 23.2 Å². The molecule has 1 aliphatic carbocycles. The number of nitrogens with one attached hydrogen (secondary N) is 3. The number of carbonyl (C=O) groups excluding carboxylic acids is 5. The molecule has 0 spiro atoms. The highest BCUT2D eigenvalue weighted by Gasteiger charge is 2.52. The second kappa shape index (κ2) is 11.5. The fourth-order valence-electron chi connectivity index (χ4n) is 5.49. The van der Waals surface area contributed by atoms with Crippen LogP contribution in [0.2, 0.25) is 0 Å². The summed E-state index contributed by atoms with van der Waals surface area (Å²) in [5.41, 5.74) is -0.809. The first kappa shape index (κ1) is 29.1. The van der Waals surface area contributed by atoms with E-state index in [0.29, 0.717) is 24.4 Å². The van der Waals surface area contributed by atoms with Gasteiger partial charge in [0.1, 0.15) is 12.1 Å². The van der Waals surface area contributed by atoms with E-state index in [1.165, 1.54) is 4.90 Å². The highest BCUT2D eigenvalue weighted by atomic mass is 35.5. The molecule has 2 aliphatic heterocycles. The molecule has 2 heterocycles. The summed E-state index contributed by atoms with van der Waals surface area (Å²) in [7, 11) is 0. The number of hydrazine groups is 1. The molecule has 0 aromatic rings. The lowest BCUT2D eigenvalue weighted by Crippen LogP contribution is -2.61. The van der Waals surface area contributed by atoms with E-state index in [9.17, 15) is 32.8 Å². The highest BCUT2D eigenvalue weighted by Crippen LogP contribution is 2.43. The number of alkyl halides is 3. The van der Waals surface area contributed by atoms with Crippen molar-refractivity contribution in [2.45, 2.75) is 77.3 Å². The van der Waals surface area contributed by atoms with Crippen LogP contribution in [0.5, 0.6) is 0 Å². The molecule has 3 rings (SSSR count). The van der Waals surface area contributed by atoms with Crippen LogP contribution in [0.1, 0.15) is 53.4 Å². The second-order valence-corrected chi connectivity index (χ2v) is 11.6. The minimum absolute atomic E-state index is 0.0304. The van der Waals surface area contributed by atoms with Gasteiger partial charge in [-0.1, -0.05) is 38.8 Å². The van der Waals surface area contributed by atoms with E-state index in [4.69, 9.17) is 11.6 Å². The Morgan fingerprint density at radius 1 is 1.19 bits per heavy atom. The van der Waals surface area contributed by atoms with Gasteiger partial charge in [-0.3, -0.25) is 29.4 Å². The Kier molecular flexibility index (Phi) is 9.02. The van der Waals surface area contributed by atoms with E-state index in [2.05, 4.69) is 16.1 Å². The van der Waals surface area contributed by atoms with Gasteiger partial charge in [0, 0.05) is 13.1 Å². The third-order valence-corrected chi connectivity index (χ3v) is 7.65. The number of fused-ring (bicyclic) bond motifs is 1. The predicted octanol–water partition coefficient (Wildman–Crippen LogP) is 1.03. The normalized spacial score (nSPS) is 27.6. The van der Waals surface area contributed by atoms with Crippen molar-refractivity contribution >= 4 is 41.1 Å². The Morgan fingerprint density at radius 2 is 1.86 bits per heavy atom. The average Bonchev–Trinajstić information content (AvgIpc) is 3.51. The van der Waals surface area contributed by atoms with Crippen molar-refractivity contribution in [2.24, 2.45) is 23.2 Å². The smallest absolute Gasteiger partial charge is 0.291 e. The van der Waals surface area contributed by atoms with Crippen molar-refractivity contribution < 1.29 is 32.8 Å². The Hall–Kier alpha value is -2.50. The van der Waals surface area contributed by atoms with Gasteiger partial charge < -0.3 is 15.5 Å². The van der Waals surface area contributed by atoms with E-state index >= 15 is 0 Å². The quantitative estimate of drug-likeness (QED) is 0.324. The third kappa shape index (κ3) is 6.50. The number of halogens is 3. The number of amides is 5. The van der Waals surface area contributed by atoms with Crippen molar-refractivity contribution in [1.82, 2.24) is 26.0 Å². The zero-order valence-electron chi connectivity index (χ0n) is 21.6. The summed E-state index contributed by atoms with van der Waals surface area (Å²) >= 11 is 5.38. The van der Waals surface area contributed by atoms with Gasteiger partial charge in [0.25, 0.3) is 23.4 Å². The van der Waals surface area contributed by atoms with E-state index in [1.807, 2.05) is 0 Å². The van der Waals surface area contributed by atoms with Crippen molar-refractivity contribution in [3.05, 3.63) is 0 Å². The fourth-order valence-corrected chi connectivity index (χ4v) is 5.60. The SMILES string of the molecule is C[C@@H](F)C(=O)N[C@H](C(=O)N1C[C@@H]2CCC[C@@H]2[C@H]1C(=O)NN(C[C@@H]1CCNC1=O)C(=O)[C@H](F)Cl)C(C)(C)C. The fraction of sp³-hybridized carbons (Fsp3) is 0.792. The van der Waals surface area contributed by atoms with Gasteiger partial charge in [-0.05, 0) is 43.4 Å². The molecule has 0 aromatic carbocycles. The summed E-state index contributed by atoms with van der Waals surface area (Å²) in [6, 6.07) is -2.10. The van der Waals surface area contributed by atoms with E-state index in [-0.39, 0.29) is 30.8 Å². The van der Waals surface area contributed by atoms with Crippen LogP contribution in [-0.4, -0.2) is 83.0 Å². The molecule has 0 aromatic heterocycles. The molecule has 5 amide bonds. The first-order valence-electron chi connectivity index (χ1n) is 12.6. The van der Waals surface area contributed by atoms with Crippen LogP contribution in [0.3, 0.4) is 0 Å². The highest BCUT2D eigenvalue weighted by molar-refractivity contribution is 6.29. The summed E-state index contributed by atoms with van der Waals surface area (Å²) in [5, 5.41) is 5.81. The lowest BCUT2D eigenvalue weighted by molar-refractivity contribution is -0.150. The van der Waals surface area contributed by atoms with Gasteiger partial charge in [0.05, 0.1) is 12.5 Å². The minimum Gasteiger partial charge on any atom is -0.356 e. The van der Waals surface area contributed by atoms with Crippen LogP contribution < -0.4 is 16.1 Å². The zero-order chi connectivity index (χ0) is 27.7. The minimum atomic E-state index is -2.44. The van der Waals surface area contributed by atoms with Gasteiger partial charge in [0.2, 0.25) is 11.8 Å². The molecule has 1 saturated carbocycles. The molecule has 37 heavy (non-hydrogen) atoms. The van der Waals surface area contributed by atoms with E-state index in [1.54, 1.807) is 20.8 Å². The lowest BCUT2D eigenvalue weighted by atomic mass is 9.85. The number of hydrogen-bond acceptors (Lipinski definition) is 5. The Morgan fingerprint density at radius 3 is 2.41 bits per heavy atom. The van der Waals surface area contributed by atoms with Gasteiger partial charge >= 0.3 is 0 Å². The maximum Gasteiger partial charge on any atom is 0.291 e.